The summed E-state index contributed by atoms with van der Waals surface area (Å²) in [7, 11) is 0. The van der Waals surface area contributed by atoms with Crippen LogP contribution in [0.25, 0.3) is 22.3 Å². The number of hydrogen-bond acceptors (Lipinski definition) is 0. The van der Waals surface area contributed by atoms with E-state index in [0.29, 0.717) is 0 Å². The summed E-state index contributed by atoms with van der Waals surface area (Å²) in [6.45, 7) is 2.20. The van der Waals surface area contributed by atoms with Crippen LogP contribution < -0.4 is 0 Å². The summed E-state index contributed by atoms with van der Waals surface area (Å²) in [5.74, 6) is 2.96. The van der Waals surface area contributed by atoms with E-state index in [0.717, 1.165) is 24.0 Å². The van der Waals surface area contributed by atoms with E-state index in [1.165, 1.54) is 22.3 Å². The quantitative estimate of drug-likeness (QED) is 0.521. The van der Waals surface area contributed by atoms with Crippen LogP contribution in [0, 0.1) is 12.3 Å². The van der Waals surface area contributed by atoms with Crippen LogP contribution in [0.3, 0.4) is 0 Å². The highest BCUT2D eigenvalue weighted by Gasteiger charge is 2.14. The predicted molar refractivity (Wildman–Crippen MR) is 99.2 cm³/mol. The minimum atomic E-state index is 0.994. The first-order valence-corrected chi connectivity index (χ1v) is 8.08. The van der Waals surface area contributed by atoms with Gasteiger partial charge in [0, 0.05) is 11.1 Å². The molecule has 0 aliphatic rings. The van der Waals surface area contributed by atoms with Crippen LogP contribution in [-0.4, -0.2) is 0 Å². The molecular weight excluding hydrogens is 276 g/mol. The zero-order valence-electron chi connectivity index (χ0n) is 13.4. The lowest BCUT2D eigenvalue weighted by atomic mass is 9.87. The lowest BCUT2D eigenvalue weighted by Crippen LogP contribution is -1.96. The Hall–Kier alpha value is -2.78. The van der Waals surface area contributed by atoms with Crippen molar-refractivity contribution < 1.29 is 0 Å². The second kappa shape index (κ2) is 6.99. The Morgan fingerprint density at radius 3 is 1.96 bits per heavy atom. The molecule has 0 fully saturated rings. The normalized spacial score (nSPS) is 10.3. The molecule has 0 saturated heterocycles. The standard InChI is InChI=1S/C23H20/c1-3-11-19-16-17-22(18-12-7-5-8-13-18)21(4-2)23(19)20-14-9-6-10-15-20/h2,5-10,12-17H,3,11H2,1H3. The Morgan fingerprint density at radius 2 is 1.39 bits per heavy atom. The fourth-order valence-electron chi connectivity index (χ4n) is 3.07. The molecule has 0 nitrogen and oxygen atoms in total. The van der Waals surface area contributed by atoms with Gasteiger partial charge in [-0.25, -0.2) is 0 Å². The first-order valence-electron chi connectivity index (χ1n) is 8.08. The molecule has 3 rings (SSSR count). The van der Waals surface area contributed by atoms with Crippen LogP contribution in [-0.2, 0) is 6.42 Å². The molecule has 0 aliphatic heterocycles. The van der Waals surface area contributed by atoms with Gasteiger partial charge in [-0.05, 0) is 28.7 Å². The molecule has 23 heavy (non-hydrogen) atoms. The number of rotatable bonds is 4. The summed E-state index contributed by atoms with van der Waals surface area (Å²) in [6, 6.07) is 25.2. The third kappa shape index (κ3) is 3.05. The van der Waals surface area contributed by atoms with Gasteiger partial charge in [0.15, 0.2) is 0 Å². The largest absolute Gasteiger partial charge is 0.115 e. The molecule has 0 heteroatoms. The Balaban J connectivity index is 2.28. The van der Waals surface area contributed by atoms with Gasteiger partial charge in [-0.1, -0.05) is 92.1 Å². The Morgan fingerprint density at radius 1 is 0.783 bits per heavy atom. The molecule has 0 atom stereocenters. The average molecular weight is 296 g/mol. The number of aryl methyl sites for hydroxylation is 1. The van der Waals surface area contributed by atoms with Crippen LogP contribution in [0.1, 0.15) is 24.5 Å². The second-order valence-corrected chi connectivity index (χ2v) is 5.65. The number of benzene rings is 3. The summed E-state index contributed by atoms with van der Waals surface area (Å²) >= 11 is 0. The molecule has 0 heterocycles. The molecule has 0 aliphatic carbocycles. The molecule has 3 aromatic carbocycles. The average Bonchev–Trinajstić information content (AvgIpc) is 2.63. The minimum absolute atomic E-state index is 0.994. The lowest BCUT2D eigenvalue weighted by molar-refractivity contribution is 0.923. The highest BCUT2D eigenvalue weighted by Crippen LogP contribution is 2.35. The predicted octanol–water partition coefficient (Wildman–Crippen LogP) is 5.95. The Labute approximate surface area is 138 Å². The van der Waals surface area contributed by atoms with Crippen molar-refractivity contribution in [2.45, 2.75) is 19.8 Å². The van der Waals surface area contributed by atoms with E-state index < -0.39 is 0 Å². The van der Waals surface area contributed by atoms with E-state index in [-0.39, 0.29) is 0 Å². The molecule has 0 N–H and O–H groups in total. The van der Waals surface area contributed by atoms with E-state index in [1.807, 2.05) is 12.1 Å². The maximum Gasteiger partial charge on any atom is 0.0402 e. The number of terminal acetylenes is 1. The van der Waals surface area contributed by atoms with Crippen molar-refractivity contribution >= 4 is 0 Å². The highest BCUT2D eigenvalue weighted by atomic mass is 14.2. The molecule has 0 amide bonds. The second-order valence-electron chi connectivity index (χ2n) is 5.65. The van der Waals surface area contributed by atoms with Gasteiger partial charge in [-0.2, -0.15) is 0 Å². The Bertz CT molecular complexity index is 821. The molecule has 0 aromatic heterocycles. The van der Waals surface area contributed by atoms with Gasteiger partial charge in [0.05, 0.1) is 0 Å². The van der Waals surface area contributed by atoms with Gasteiger partial charge in [-0.15, -0.1) is 6.42 Å². The minimum Gasteiger partial charge on any atom is -0.115 e. The van der Waals surface area contributed by atoms with Crippen LogP contribution >= 0.6 is 0 Å². The maximum absolute atomic E-state index is 5.94. The fraction of sp³-hybridized carbons (Fsp3) is 0.130. The van der Waals surface area contributed by atoms with Gasteiger partial charge in [0.25, 0.3) is 0 Å². The molecule has 3 aromatic rings. The molecule has 0 radical (unpaired) electrons. The Kier molecular flexibility index (Phi) is 4.60. The monoisotopic (exact) mass is 296 g/mol. The summed E-state index contributed by atoms with van der Waals surface area (Å²) in [5, 5.41) is 0. The van der Waals surface area contributed by atoms with E-state index in [9.17, 15) is 0 Å². The lowest BCUT2D eigenvalue weighted by Gasteiger charge is -2.16. The third-order valence-corrected chi connectivity index (χ3v) is 4.10. The molecule has 112 valence electrons. The summed E-state index contributed by atoms with van der Waals surface area (Å²) in [4.78, 5) is 0. The zero-order valence-corrected chi connectivity index (χ0v) is 13.4. The van der Waals surface area contributed by atoms with E-state index in [1.54, 1.807) is 0 Å². The van der Waals surface area contributed by atoms with Crippen LogP contribution in [0.2, 0.25) is 0 Å². The first-order chi connectivity index (χ1) is 11.3. The van der Waals surface area contributed by atoms with Gasteiger partial charge < -0.3 is 0 Å². The van der Waals surface area contributed by atoms with Crippen LogP contribution in [0.15, 0.2) is 72.8 Å². The first kappa shape index (κ1) is 15.1. The van der Waals surface area contributed by atoms with Crippen molar-refractivity contribution in [2.24, 2.45) is 0 Å². The van der Waals surface area contributed by atoms with E-state index in [4.69, 9.17) is 6.42 Å². The van der Waals surface area contributed by atoms with Crippen molar-refractivity contribution in [1.82, 2.24) is 0 Å². The van der Waals surface area contributed by atoms with Gasteiger partial charge in [0.1, 0.15) is 0 Å². The summed E-state index contributed by atoms with van der Waals surface area (Å²) < 4.78 is 0. The van der Waals surface area contributed by atoms with Gasteiger partial charge in [0.2, 0.25) is 0 Å². The fourth-order valence-corrected chi connectivity index (χ4v) is 3.07. The zero-order chi connectivity index (χ0) is 16.1. The SMILES string of the molecule is C#Cc1c(-c2ccccc2)ccc(CCC)c1-c1ccccc1. The topological polar surface area (TPSA) is 0 Å². The van der Waals surface area contributed by atoms with E-state index >= 15 is 0 Å². The summed E-state index contributed by atoms with van der Waals surface area (Å²) in [5.41, 5.74) is 7.02. The molecule has 0 unspecified atom stereocenters. The molecular formula is C23H20. The van der Waals surface area contributed by atoms with Crippen molar-refractivity contribution in [3.05, 3.63) is 83.9 Å². The highest BCUT2D eigenvalue weighted by molar-refractivity contribution is 5.84. The van der Waals surface area contributed by atoms with Gasteiger partial charge in [-0.3, -0.25) is 0 Å². The van der Waals surface area contributed by atoms with Crippen LogP contribution in [0.5, 0.6) is 0 Å². The maximum atomic E-state index is 5.94. The third-order valence-electron chi connectivity index (χ3n) is 4.10. The molecule has 0 saturated carbocycles. The summed E-state index contributed by atoms with van der Waals surface area (Å²) in [6.07, 6.45) is 8.08. The smallest absolute Gasteiger partial charge is 0.0402 e. The van der Waals surface area contributed by atoms with Crippen molar-refractivity contribution in [2.75, 3.05) is 0 Å². The number of hydrogen-bond donors (Lipinski definition) is 0. The van der Waals surface area contributed by atoms with Crippen LogP contribution in [0.4, 0.5) is 0 Å². The van der Waals surface area contributed by atoms with Gasteiger partial charge >= 0.3 is 0 Å². The molecule has 0 spiro atoms. The molecule has 0 bridgehead atoms. The van der Waals surface area contributed by atoms with E-state index in [2.05, 4.69) is 73.5 Å². The van der Waals surface area contributed by atoms with Crippen molar-refractivity contribution in [1.29, 1.82) is 0 Å². The van der Waals surface area contributed by atoms with Crippen molar-refractivity contribution in [3.8, 4) is 34.6 Å². The van der Waals surface area contributed by atoms with Crippen molar-refractivity contribution in [3.63, 3.8) is 0 Å².